The van der Waals surface area contributed by atoms with Crippen molar-refractivity contribution in [1.82, 2.24) is 14.6 Å². The van der Waals surface area contributed by atoms with E-state index in [2.05, 4.69) is 10.1 Å². The Balaban J connectivity index is 1.87. The fourth-order valence-electron chi connectivity index (χ4n) is 2.32. The average molecular weight is 358 g/mol. The Hall–Kier alpha value is -2.57. The lowest BCUT2D eigenvalue weighted by Crippen LogP contribution is -2.23. The quantitative estimate of drug-likeness (QED) is 0.553. The molecule has 0 bridgehead atoms. The second-order valence-electron chi connectivity index (χ2n) is 5.05. The Morgan fingerprint density at radius 1 is 1.12 bits per heavy atom. The Labute approximate surface area is 144 Å². The van der Waals surface area contributed by atoms with Gasteiger partial charge in [-0.1, -0.05) is 53.3 Å². The summed E-state index contributed by atoms with van der Waals surface area (Å²) in [5, 5.41) is 4.75. The highest BCUT2D eigenvalue weighted by Crippen LogP contribution is 2.25. The first-order valence-corrected chi connectivity index (χ1v) is 8.23. The third kappa shape index (κ3) is 2.50. The Morgan fingerprint density at radius 3 is 2.62 bits per heavy atom. The van der Waals surface area contributed by atoms with Crippen molar-refractivity contribution in [3.05, 3.63) is 79.8 Å². The highest BCUT2D eigenvalue weighted by atomic mass is 35.5. The summed E-state index contributed by atoms with van der Waals surface area (Å²) >= 11 is 7.30. The number of halogens is 2. The molecule has 2 aromatic heterocycles. The molecule has 0 saturated carbocycles. The van der Waals surface area contributed by atoms with Gasteiger partial charge in [-0.2, -0.15) is 9.50 Å². The minimum atomic E-state index is -0.382. The summed E-state index contributed by atoms with van der Waals surface area (Å²) in [6.07, 6.45) is 1.51. The van der Waals surface area contributed by atoms with E-state index < -0.39 is 0 Å². The molecule has 4 nitrogen and oxygen atoms in total. The molecule has 118 valence electrons. The highest BCUT2D eigenvalue weighted by Gasteiger charge is 2.14. The van der Waals surface area contributed by atoms with Crippen LogP contribution in [0, 0.1) is 5.82 Å². The van der Waals surface area contributed by atoms with Gasteiger partial charge in [0.2, 0.25) is 4.96 Å². The zero-order valence-electron chi connectivity index (χ0n) is 12.1. The summed E-state index contributed by atoms with van der Waals surface area (Å²) in [4.78, 5) is 17.3. The second kappa shape index (κ2) is 5.81. The highest BCUT2D eigenvalue weighted by molar-refractivity contribution is 7.15. The molecular formula is C17H9ClFN3OS. The Kier molecular flexibility index (Phi) is 3.63. The molecule has 0 aliphatic carbocycles. The van der Waals surface area contributed by atoms with Crippen LogP contribution in [0.3, 0.4) is 0 Å². The van der Waals surface area contributed by atoms with Crippen molar-refractivity contribution in [1.29, 1.82) is 0 Å². The number of hydrogen-bond acceptors (Lipinski definition) is 4. The molecule has 24 heavy (non-hydrogen) atoms. The van der Waals surface area contributed by atoms with Gasteiger partial charge in [0.1, 0.15) is 5.82 Å². The van der Waals surface area contributed by atoms with Gasteiger partial charge >= 0.3 is 0 Å². The molecule has 2 aromatic carbocycles. The molecule has 4 aromatic rings. The lowest BCUT2D eigenvalue weighted by Gasteiger charge is -1.96. The van der Waals surface area contributed by atoms with Crippen LogP contribution in [-0.4, -0.2) is 14.6 Å². The van der Waals surface area contributed by atoms with Gasteiger partial charge < -0.3 is 0 Å². The predicted molar refractivity (Wildman–Crippen MR) is 92.8 cm³/mol. The molecule has 2 heterocycles. The first kappa shape index (κ1) is 15.0. The normalized spacial score (nSPS) is 12.2. The van der Waals surface area contributed by atoms with Crippen LogP contribution < -0.4 is 10.1 Å². The number of rotatable bonds is 2. The molecule has 0 atom stereocenters. The monoisotopic (exact) mass is 357 g/mol. The van der Waals surface area contributed by atoms with E-state index in [1.165, 1.54) is 16.7 Å². The van der Waals surface area contributed by atoms with Gasteiger partial charge in [-0.05, 0) is 24.3 Å². The Bertz CT molecular complexity index is 1170. The average Bonchev–Trinajstić information content (AvgIpc) is 3.10. The summed E-state index contributed by atoms with van der Waals surface area (Å²) in [7, 11) is 0. The van der Waals surface area contributed by atoms with E-state index in [-0.39, 0.29) is 11.4 Å². The summed E-state index contributed by atoms with van der Waals surface area (Å²) in [5.41, 5.74) is 0.684. The van der Waals surface area contributed by atoms with E-state index >= 15 is 0 Å². The van der Waals surface area contributed by atoms with E-state index in [0.717, 1.165) is 11.3 Å². The van der Waals surface area contributed by atoms with Crippen molar-refractivity contribution in [3.8, 4) is 11.4 Å². The molecule has 0 unspecified atom stereocenters. The lowest BCUT2D eigenvalue weighted by molar-refractivity contribution is 0.625. The van der Waals surface area contributed by atoms with Crippen LogP contribution in [0.15, 0.2) is 53.3 Å². The van der Waals surface area contributed by atoms with E-state index in [1.807, 2.05) is 12.1 Å². The fraction of sp³-hybridized carbons (Fsp3) is 0. The first-order valence-electron chi connectivity index (χ1n) is 7.04. The molecule has 0 aliphatic heterocycles. The van der Waals surface area contributed by atoms with Gasteiger partial charge in [-0.15, -0.1) is 5.10 Å². The topological polar surface area (TPSA) is 47.3 Å². The maximum absolute atomic E-state index is 13.7. The zero-order chi connectivity index (χ0) is 16.7. The van der Waals surface area contributed by atoms with Gasteiger partial charge in [-0.3, -0.25) is 4.79 Å². The molecule has 0 saturated heterocycles. The minimum absolute atomic E-state index is 0.330. The third-order valence-electron chi connectivity index (χ3n) is 3.49. The summed E-state index contributed by atoms with van der Waals surface area (Å²) in [5.74, 6) is 0.00838. The van der Waals surface area contributed by atoms with Crippen molar-refractivity contribution in [2.45, 2.75) is 0 Å². The molecule has 0 radical (unpaired) electrons. The molecule has 0 N–H and O–H groups in total. The van der Waals surface area contributed by atoms with Crippen molar-refractivity contribution in [3.63, 3.8) is 0 Å². The van der Waals surface area contributed by atoms with Crippen molar-refractivity contribution in [2.24, 2.45) is 0 Å². The third-order valence-corrected chi connectivity index (χ3v) is 4.78. The molecule has 7 heteroatoms. The number of aromatic nitrogens is 3. The first-order chi connectivity index (χ1) is 11.6. The minimum Gasteiger partial charge on any atom is -0.266 e. The largest absolute Gasteiger partial charge is 0.291 e. The van der Waals surface area contributed by atoms with E-state index in [9.17, 15) is 9.18 Å². The number of nitrogens with zero attached hydrogens (tertiary/aromatic N) is 3. The maximum atomic E-state index is 13.7. The fourth-order valence-corrected chi connectivity index (χ4v) is 3.44. The van der Waals surface area contributed by atoms with Crippen LogP contribution in [0.2, 0.25) is 5.02 Å². The van der Waals surface area contributed by atoms with Gasteiger partial charge in [-0.25, -0.2) is 4.39 Å². The predicted octanol–water partition coefficient (Wildman–Crippen LogP) is 3.16. The smallest absolute Gasteiger partial charge is 0.266 e. The zero-order valence-corrected chi connectivity index (χ0v) is 13.7. The molecule has 0 aliphatic rings. The lowest BCUT2D eigenvalue weighted by atomic mass is 10.2. The van der Waals surface area contributed by atoms with Crippen LogP contribution >= 0.6 is 22.9 Å². The van der Waals surface area contributed by atoms with E-state index in [0.29, 0.717) is 31.5 Å². The van der Waals surface area contributed by atoms with Gasteiger partial charge in [0.15, 0.2) is 5.82 Å². The van der Waals surface area contributed by atoms with Gasteiger partial charge in [0, 0.05) is 11.1 Å². The molecular weight excluding hydrogens is 349 g/mol. The summed E-state index contributed by atoms with van der Waals surface area (Å²) in [6, 6.07) is 13.4. The number of thiazole rings is 1. The number of fused-ring (bicyclic) bond motifs is 1. The van der Waals surface area contributed by atoms with Crippen LogP contribution in [0.25, 0.3) is 22.4 Å². The molecule has 4 rings (SSSR count). The van der Waals surface area contributed by atoms with Gasteiger partial charge in [0.25, 0.3) is 5.56 Å². The van der Waals surface area contributed by atoms with E-state index in [4.69, 9.17) is 11.6 Å². The second-order valence-corrected chi connectivity index (χ2v) is 6.46. The standard InChI is InChI=1S/C17H9ClFN3OS/c18-12-7-3-2-6-11(12)15-20-17-22(21-15)16(23)14(24-17)9-10-5-1-4-8-13(10)19/h1-9H/b14-9-. The summed E-state index contributed by atoms with van der Waals surface area (Å²) in [6.45, 7) is 0. The van der Waals surface area contributed by atoms with Crippen LogP contribution in [-0.2, 0) is 0 Å². The molecule has 0 fully saturated rings. The van der Waals surface area contributed by atoms with Crippen LogP contribution in [0.1, 0.15) is 5.56 Å². The Morgan fingerprint density at radius 2 is 1.88 bits per heavy atom. The summed E-state index contributed by atoms with van der Waals surface area (Å²) < 4.78 is 15.3. The van der Waals surface area contributed by atoms with Crippen molar-refractivity contribution < 1.29 is 4.39 Å². The molecule has 0 amide bonds. The number of hydrogen-bond donors (Lipinski definition) is 0. The van der Waals surface area contributed by atoms with Crippen molar-refractivity contribution >= 4 is 34.0 Å². The van der Waals surface area contributed by atoms with Gasteiger partial charge in [0.05, 0.1) is 9.55 Å². The van der Waals surface area contributed by atoms with Crippen LogP contribution in [0.5, 0.6) is 0 Å². The van der Waals surface area contributed by atoms with Crippen molar-refractivity contribution in [2.75, 3.05) is 0 Å². The molecule has 0 spiro atoms. The SMILES string of the molecule is O=c1/c(=C/c2ccccc2F)sc2nc(-c3ccccc3Cl)nn12. The van der Waals surface area contributed by atoms with E-state index in [1.54, 1.807) is 30.3 Å². The maximum Gasteiger partial charge on any atom is 0.291 e. The number of benzene rings is 2. The van der Waals surface area contributed by atoms with Crippen LogP contribution in [0.4, 0.5) is 4.39 Å².